The summed E-state index contributed by atoms with van der Waals surface area (Å²) in [7, 11) is 0. The maximum Gasteiger partial charge on any atom is 0.255 e. The number of nitrogens with zero attached hydrogens (tertiary/aromatic N) is 2. The predicted octanol–water partition coefficient (Wildman–Crippen LogP) is 5.03. The Morgan fingerprint density at radius 1 is 1.03 bits per heavy atom. The van der Waals surface area contributed by atoms with Crippen molar-refractivity contribution >= 4 is 22.7 Å². The largest absolute Gasteiger partial charge is 0.488 e. The molecule has 0 spiro atoms. The van der Waals surface area contributed by atoms with E-state index in [-0.39, 0.29) is 18.0 Å². The van der Waals surface area contributed by atoms with Crippen LogP contribution in [-0.2, 0) is 13.2 Å². The smallest absolute Gasteiger partial charge is 0.255 e. The summed E-state index contributed by atoms with van der Waals surface area (Å²) in [6.07, 6.45) is 3.85. The van der Waals surface area contributed by atoms with Gasteiger partial charge in [0.1, 0.15) is 12.4 Å². The lowest BCUT2D eigenvalue weighted by Crippen LogP contribution is -2.45. The number of aromatic amines is 1. The van der Waals surface area contributed by atoms with E-state index in [1.165, 1.54) is 5.56 Å². The molecule has 2 aliphatic rings. The molecule has 3 N–H and O–H groups in total. The first-order valence-electron chi connectivity index (χ1n) is 13.2. The van der Waals surface area contributed by atoms with Gasteiger partial charge in [0.2, 0.25) is 5.91 Å². The Labute approximate surface area is 222 Å². The maximum atomic E-state index is 13.4. The van der Waals surface area contributed by atoms with Crippen molar-refractivity contribution in [2.24, 2.45) is 5.73 Å². The summed E-state index contributed by atoms with van der Waals surface area (Å²) in [5.41, 5.74) is 10.7. The summed E-state index contributed by atoms with van der Waals surface area (Å²) in [6, 6.07) is 21.8. The summed E-state index contributed by atoms with van der Waals surface area (Å²) in [6.45, 7) is 5.16. The minimum Gasteiger partial charge on any atom is -0.488 e. The number of nitrogens with two attached hydrogens (primary N) is 1. The van der Waals surface area contributed by atoms with Gasteiger partial charge in [-0.3, -0.25) is 14.5 Å². The molecule has 7 heteroatoms. The average Bonchev–Trinajstić information content (AvgIpc) is 3.47. The van der Waals surface area contributed by atoms with Gasteiger partial charge in [0.15, 0.2) is 0 Å². The second-order valence-corrected chi connectivity index (χ2v) is 10.3. The number of primary amides is 1. The Morgan fingerprint density at radius 3 is 2.55 bits per heavy atom. The van der Waals surface area contributed by atoms with Gasteiger partial charge in [0.25, 0.3) is 5.91 Å². The highest BCUT2D eigenvalue weighted by Gasteiger charge is 2.41. The SMILES string of the molecule is CC1c2cccc(C(N)=O)c2C(=O)N1C1CCN(Cc2c[nH]c3cccc(OCc4ccccc4)c23)CC1. The molecule has 0 saturated carbocycles. The van der Waals surface area contributed by atoms with Crippen LogP contribution in [0.1, 0.15) is 63.2 Å². The third-order valence-electron chi connectivity index (χ3n) is 8.01. The lowest BCUT2D eigenvalue weighted by molar-refractivity contribution is 0.0511. The van der Waals surface area contributed by atoms with E-state index in [2.05, 4.69) is 34.3 Å². The zero-order chi connectivity index (χ0) is 26.2. The quantitative estimate of drug-likeness (QED) is 0.366. The van der Waals surface area contributed by atoms with Gasteiger partial charge in [-0.1, -0.05) is 48.5 Å². The number of hydrogen-bond acceptors (Lipinski definition) is 4. The fraction of sp³-hybridized carbons (Fsp3) is 0.290. The monoisotopic (exact) mass is 508 g/mol. The van der Waals surface area contributed by atoms with Crippen molar-refractivity contribution in [2.45, 2.75) is 45.0 Å². The summed E-state index contributed by atoms with van der Waals surface area (Å²) < 4.78 is 6.24. The molecule has 1 aromatic heterocycles. The van der Waals surface area contributed by atoms with Crippen molar-refractivity contribution < 1.29 is 14.3 Å². The Bertz CT molecular complexity index is 1490. The van der Waals surface area contributed by atoms with E-state index in [4.69, 9.17) is 10.5 Å². The van der Waals surface area contributed by atoms with E-state index in [9.17, 15) is 9.59 Å². The van der Waals surface area contributed by atoms with Gasteiger partial charge in [-0.2, -0.15) is 0 Å². The summed E-state index contributed by atoms with van der Waals surface area (Å²) in [5, 5.41) is 1.13. The van der Waals surface area contributed by atoms with Crippen LogP contribution in [0.4, 0.5) is 0 Å². The van der Waals surface area contributed by atoms with Gasteiger partial charge in [0.05, 0.1) is 17.2 Å². The molecule has 4 aromatic rings. The van der Waals surface area contributed by atoms with Gasteiger partial charge in [-0.15, -0.1) is 0 Å². The number of H-pyrrole nitrogens is 1. The number of likely N-dealkylation sites (tertiary alicyclic amines) is 1. The second-order valence-electron chi connectivity index (χ2n) is 10.3. The number of amides is 2. The molecule has 0 radical (unpaired) electrons. The molecule has 7 nitrogen and oxygen atoms in total. The highest BCUT2D eigenvalue weighted by molar-refractivity contribution is 6.09. The molecule has 2 aliphatic heterocycles. The van der Waals surface area contributed by atoms with Gasteiger partial charge >= 0.3 is 0 Å². The summed E-state index contributed by atoms with van der Waals surface area (Å²) in [5.74, 6) is 0.263. The first-order chi connectivity index (χ1) is 18.5. The van der Waals surface area contributed by atoms with Crippen LogP contribution in [-0.4, -0.2) is 45.7 Å². The number of fused-ring (bicyclic) bond motifs is 2. The maximum absolute atomic E-state index is 13.4. The normalized spacial score (nSPS) is 18.2. The lowest BCUT2D eigenvalue weighted by atomic mass is 9.99. The molecule has 1 saturated heterocycles. The molecule has 1 fully saturated rings. The van der Waals surface area contributed by atoms with Crippen LogP contribution >= 0.6 is 0 Å². The molecular formula is C31H32N4O3. The van der Waals surface area contributed by atoms with E-state index in [1.807, 2.05) is 54.3 Å². The van der Waals surface area contributed by atoms with Crippen LogP contribution in [0.15, 0.2) is 72.9 Å². The Morgan fingerprint density at radius 2 is 1.79 bits per heavy atom. The molecule has 1 unspecified atom stereocenters. The number of aromatic nitrogens is 1. The zero-order valence-corrected chi connectivity index (χ0v) is 21.5. The van der Waals surface area contributed by atoms with Crippen LogP contribution in [0.25, 0.3) is 10.9 Å². The fourth-order valence-electron chi connectivity index (χ4n) is 6.10. The van der Waals surface area contributed by atoms with Crippen molar-refractivity contribution in [3.05, 3.63) is 101 Å². The molecule has 3 heterocycles. The lowest BCUT2D eigenvalue weighted by Gasteiger charge is -2.38. The highest BCUT2D eigenvalue weighted by atomic mass is 16.5. The van der Waals surface area contributed by atoms with Crippen LogP contribution < -0.4 is 10.5 Å². The number of carbonyl (C=O) groups excluding carboxylic acids is 2. The van der Waals surface area contributed by atoms with Crippen molar-refractivity contribution in [2.75, 3.05) is 13.1 Å². The van der Waals surface area contributed by atoms with Crippen LogP contribution in [0.5, 0.6) is 5.75 Å². The van der Waals surface area contributed by atoms with Crippen molar-refractivity contribution in [1.82, 2.24) is 14.8 Å². The van der Waals surface area contributed by atoms with E-state index >= 15 is 0 Å². The minimum atomic E-state index is -0.551. The van der Waals surface area contributed by atoms with Crippen molar-refractivity contribution in [3.8, 4) is 5.75 Å². The van der Waals surface area contributed by atoms with E-state index in [0.29, 0.717) is 17.7 Å². The van der Waals surface area contributed by atoms with Gasteiger partial charge < -0.3 is 20.4 Å². The molecule has 0 aliphatic carbocycles. The third-order valence-corrected chi connectivity index (χ3v) is 8.01. The Hall–Kier alpha value is -4.10. The van der Waals surface area contributed by atoms with E-state index in [0.717, 1.165) is 60.3 Å². The standard InChI is InChI=1S/C31H32N4O3/c1-20-24-9-5-10-25(30(32)36)29(24)31(37)35(20)23-13-15-34(16-14-23)18-22-17-33-26-11-6-12-27(28(22)26)38-19-21-7-3-2-4-8-21/h2-12,17,20,23,33H,13-16,18-19H2,1H3,(H2,32,36). The molecule has 38 heavy (non-hydrogen) atoms. The zero-order valence-electron chi connectivity index (χ0n) is 21.5. The summed E-state index contributed by atoms with van der Waals surface area (Å²) in [4.78, 5) is 33.2. The molecule has 2 amide bonds. The molecular weight excluding hydrogens is 476 g/mol. The van der Waals surface area contributed by atoms with Gasteiger partial charge in [-0.05, 0) is 54.7 Å². The van der Waals surface area contributed by atoms with Crippen molar-refractivity contribution in [1.29, 1.82) is 0 Å². The topological polar surface area (TPSA) is 91.7 Å². The van der Waals surface area contributed by atoms with Gasteiger partial charge in [0, 0.05) is 42.8 Å². The molecule has 0 bridgehead atoms. The first-order valence-corrected chi connectivity index (χ1v) is 13.2. The number of ether oxygens (including phenoxy) is 1. The van der Waals surface area contributed by atoms with Crippen molar-refractivity contribution in [3.63, 3.8) is 0 Å². The van der Waals surface area contributed by atoms with E-state index < -0.39 is 5.91 Å². The Kier molecular flexibility index (Phi) is 6.37. The van der Waals surface area contributed by atoms with Gasteiger partial charge in [-0.25, -0.2) is 0 Å². The highest BCUT2D eigenvalue weighted by Crippen LogP contribution is 2.39. The Balaban J connectivity index is 1.14. The number of piperidine rings is 1. The summed E-state index contributed by atoms with van der Waals surface area (Å²) >= 11 is 0. The molecule has 1 atom stereocenters. The van der Waals surface area contributed by atoms with E-state index in [1.54, 1.807) is 6.07 Å². The predicted molar refractivity (Wildman–Crippen MR) is 147 cm³/mol. The van der Waals surface area contributed by atoms with Crippen LogP contribution in [0.2, 0.25) is 0 Å². The first kappa shape index (κ1) is 24.2. The fourth-order valence-corrected chi connectivity index (χ4v) is 6.10. The minimum absolute atomic E-state index is 0.0636. The third kappa shape index (κ3) is 4.33. The molecule has 3 aromatic carbocycles. The average molecular weight is 509 g/mol. The molecule has 6 rings (SSSR count). The van der Waals surface area contributed by atoms with Crippen LogP contribution in [0, 0.1) is 0 Å². The molecule has 194 valence electrons. The number of rotatable bonds is 7. The second kappa shape index (κ2) is 9.99. The number of nitrogens with one attached hydrogen (secondary N) is 1. The number of hydrogen-bond donors (Lipinski definition) is 2. The number of benzene rings is 3. The van der Waals surface area contributed by atoms with Crippen LogP contribution in [0.3, 0.4) is 0 Å². The number of carbonyl (C=O) groups is 2.